The van der Waals surface area contributed by atoms with Crippen LogP contribution in [0.1, 0.15) is 25.6 Å². The summed E-state index contributed by atoms with van der Waals surface area (Å²) in [5, 5.41) is 9.40. The molecule has 0 aliphatic carbocycles. The molecule has 0 spiro atoms. The van der Waals surface area contributed by atoms with E-state index < -0.39 is 5.41 Å². The second-order valence-corrected chi connectivity index (χ2v) is 4.14. The van der Waals surface area contributed by atoms with E-state index in [1.165, 1.54) is 0 Å². The number of halogens is 2. The second-order valence-electron chi connectivity index (χ2n) is 3.77. The zero-order valence-corrected chi connectivity index (χ0v) is 9.73. The molecule has 1 aromatic heterocycles. The van der Waals surface area contributed by atoms with E-state index in [4.69, 9.17) is 26.9 Å². The van der Waals surface area contributed by atoms with Crippen molar-refractivity contribution in [3.8, 4) is 0 Å². The number of aliphatic hydroxyl groups excluding tert-OH is 1. The van der Waals surface area contributed by atoms with Crippen molar-refractivity contribution in [1.82, 2.24) is 0 Å². The third-order valence-electron chi connectivity index (χ3n) is 2.15. The maximum absolute atomic E-state index is 9.08. The van der Waals surface area contributed by atoms with Crippen molar-refractivity contribution in [1.29, 1.82) is 0 Å². The van der Waals surface area contributed by atoms with Crippen LogP contribution in [-0.4, -0.2) is 11.7 Å². The molecule has 0 amide bonds. The molecule has 82 valence electrons. The first-order valence-electron chi connectivity index (χ1n) is 4.09. The first-order chi connectivity index (χ1) is 5.97. The van der Waals surface area contributed by atoms with Crippen molar-refractivity contribution in [3.05, 3.63) is 23.1 Å². The van der Waals surface area contributed by atoms with Crippen LogP contribution in [0.3, 0.4) is 0 Å². The Labute approximate surface area is 94.6 Å². The molecule has 1 rings (SSSR count). The highest BCUT2D eigenvalue weighted by Crippen LogP contribution is 2.32. The highest BCUT2D eigenvalue weighted by atomic mass is 35.5. The summed E-state index contributed by atoms with van der Waals surface area (Å²) < 4.78 is 5.16. The largest absolute Gasteiger partial charge is 0.448 e. The zero-order valence-electron chi connectivity index (χ0n) is 8.16. The van der Waals surface area contributed by atoms with Gasteiger partial charge in [0.25, 0.3) is 0 Å². The van der Waals surface area contributed by atoms with E-state index in [9.17, 15) is 0 Å². The molecule has 0 aromatic carbocycles. The van der Waals surface area contributed by atoms with E-state index in [-0.39, 0.29) is 25.1 Å². The highest BCUT2D eigenvalue weighted by molar-refractivity contribution is 6.28. The molecule has 0 saturated heterocycles. The van der Waals surface area contributed by atoms with Crippen LogP contribution in [0, 0.1) is 5.41 Å². The molecule has 0 radical (unpaired) electrons. The lowest BCUT2D eigenvalue weighted by Crippen LogP contribution is -2.32. The van der Waals surface area contributed by atoms with Crippen LogP contribution in [0.5, 0.6) is 0 Å². The van der Waals surface area contributed by atoms with Gasteiger partial charge in [-0.2, -0.15) is 0 Å². The molecule has 1 atom stereocenters. The predicted octanol–water partition coefficient (Wildman–Crippen LogP) is 2.37. The molecule has 14 heavy (non-hydrogen) atoms. The molecule has 3 N–H and O–H groups in total. The standard InChI is InChI=1S/C9H14ClNO2.ClH/c1-9(2,5-12)8(11)6-3-4-7(10)13-6;/h3-4,8,12H,5,11H2,1-2H3;1H/t8-;/m1./s1. The van der Waals surface area contributed by atoms with Crippen LogP contribution >= 0.6 is 24.0 Å². The average molecular weight is 240 g/mol. The number of hydrogen-bond acceptors (Lipinski definition) is 3. The molecule has 0 fully saturated rings. The van der Waals surface area contributed by atoms with Crippen LogP contribution in [-0.2, 0) is 0 Å². The number of nitrogens with two attached hydrogens (primary N) is 1. The second kappa shape index (κ2) is 5.03. The number of hydrogen-bond donors (Lipinski definition) is 2. The third kappa shape index (κ3) is 2.89. The van der Waals surface area contributed by atoms with E-state index >= 15 is 0 Å². The van der Waals surface area contributed by atoms with Crippen LogP contribution in [0.25, 0.3) is 0 Å². The van der Waals surface area contributed by atoms with Gasteiger partial charge in [0.15, 0.2) is 5.22 Å². The van der Waals surface area contributed by atoms with Gasteiger partial charge in [0.05, 0.1) is 12.6 Å². The molecule has 0 bridgehead atoms. The predicted molar refractivity (Wildman–Crippen MR) is 58.8 cm³/mol. The molecule has 1 heterocycles. The van der Waals surface area contributed by atoms with Crippen molar-refractivity contribution >= 4 is 24.0 Å². The van der Waals surface area contributed by atoms with Crippen LogP contribution in [0.2, 0.25) is 5.22 Å². The van der Waals surface area contributed by atoms with Crippen LogP contribution < -0.4 is 5.73 Å². The minimum Gasteiger partial charge on any atom is -0.448 e. The van der Waals surface area contributed by atoms with Crippen molar-refractivity contribution in [2.45, 2.75) is 19.9 Å². The molecule has 0 aliphatic heterocycles. The van der Waals surface area contributed by atoms with Gasteiger partial charge < -0.3 is 15.3 Å². The lowest BCUT2D eigenvalue weighted by Gasteiger charge is -2.27. The summed E-state index contributed by atoms with van der Waals surface area (Å²) in [5.74, 6) is 0.601. The van der Waals surface area contributed by atoms with E-state index in [1.54, 1.807) is 12.1 Å². The van der Waals surface area contributed by atoms with Gasteiger partial charge >= 0.3 is 0 Å². The number of furan rings is 1. The fraction of sp³-hybridized carbons (Fsp3) is 0.556. The van der Waals surface area contributed by atoms with E-state index in [0.717, 1.165) is 0 Å². The summed E-state index contributed by atoms with van der Waals surface area (Å²) in [6.07, 6.45) is 0. The van der Waals surface area contributed by atoms with Crippen molar-refractivity contribution in [2.75, 3.05) is 6.61 Å². The van der Waals surface area contributed by atoms with Gasteiger partial charge in [0, 0.05) is 5.41 Å². The third-order valence-corrected chi connectivity index (χ3v) is 2.35. The summed E-state index contributed by atoms with van der Waals surface area (Å²) >= 11 is 5.61. The molecule has 0 unspecified atom stereocenters. The minimum absolute atomic E-state index is 0. The van der Waals surface area contributed by atoms with Gasteiger partial charge in [0.1, 0.15) is 5.76 Å². The molecule has 5 heteroatoms. The van der Waals surface area contributed by atoms with Gasteiger partial charge in [-0.1, -0.05) is 13.8 Å². The van der Waals surface area contributed by atoms with E-state index in [0.29, 0.717) is 11.0 Å². The van der Waals surface area contributed by atoms with Gasteiger partial charge in [0.2, 0.25) is 0 Å². The molecule has 0 aliphatic rings. The quantitative estimate of drug-likeness (QED) is 0.852. The highest BCUT2D eigenvalue weighted by Gasteiger charge is 2.29. The average Bonchev–Trinajstić information content (AvgIpc) is 2.50. The Kier molecular flexibility index (Phi) is 4.95. The topological polar surface area (TPSA) is 59.4 Å². The summed E-state index contributed by atoms with van der Waals surface area (Å²) in [6.45, 7) is 3.74. The van der Waals surface area contributed by atoms with Crippen LogP contribution in [0.15, 0.2) is 16.5 Å². The summed E-state index contributed by atoms with van der Waals surface area (Å²) in [5.41, 5.74) is 5.48. The maximum Gasteiger partial charge on any atom is 0.193 e. The Morgan fingerprint density at radius 3 is 2.50 bits per heavy atom. The molecule has 1 aromatic rings. The van der Waals surface area contributed by atoms with Crippen LogP contribution in [0.4, 0.5) is 0 Å². The fourth-order valence-corrected chi connectivity index (χ4v) is 1.13. The van der Waals surface area contributed by atoms with E-state index in [1.807, 2.05) is 13.8 Å². The SMILES string of the molecule is CC(C)(CO)[C@H](N)c1ccc(Cl)o1.Cl. The van der Waals surface area contributed by atoms with Crippen molar-refractivity contribution < 1.29 is 9.52 Å². The number of rotatable bonds is 3. The summed E-state index contributed by atoms with van der Waals surface area (Å²) in [6, 6.07) is 3.03. The first kappa shape index (κ1) is 13.8. The van der Waals surface area contributed by atoms with E-state index in [2.05, 4.69) is 0 Å². The Bertz CT molecular complexity index is 286. The lowest BCUT2D eigenvalue weighted by atomic mass is 9.84. The summed E-state index contributed by atoms with van der Waals surface area (Å²) in [4.78, 5) is 0. The normalized spacial score (nSPS) is 13.5. The Hall–Kier alpha value is -0.220. The Morgan fingerprint density at radius 1 is 1.57 bits per heavy atom. The Morgan fingerprint density at radius 2 is 2.14 bits per heavy atom. The van der Waals surface area contributed by atoms with Gasteiger partial charge in [-0.25, -0.2) is 0 Å². The lowest BCUT2D eigenvalue weighted by molar-refractivity contribution is 0.123. The minimum atomic E-state index is -0.402. The summed E-state index contributed by atoms with van der Waals surface area (Å²) in [7, 11) is 0. The Balaban J connectivity index is 0.00000169. The fourth-order valence-electron chi connectivity index (χ4n) is 0.979. The molecular formula is C9H15Cl2NO2. The smallest absolute Gasteiger partial charge is 0.193 e. The molecular weight excluding hydrogens is 225 g/mol. The zero-order chi connectivity index (χ0) is 10.1. The first-order valence-corrected chi connectivity index (χ1v) is 4.47. The van der Waals surface area contributed by atoms with Gasteiger partial charge in [-0.15, -0.1) is 12.4 Å². The monoisotopic (exact) mass is 239 g/mol. The van der Waals surface area contributed by atoms with Gasteiger partial charge in [-0.3, -0.25) is 0 Å². The molecule has 0 saturated carbocycles. The van der Waals surface area contributed by atoms with Crippen molar-refractivity contribution in [3.63, 3.8) is 0 Å². The maximum atomic E-state index is 9.08. The van der Waals surface area contributed by atoms with Gasteiger partial charge in [-0.05, 0) is 23.7 Å². The van der Waals surface area contributed by atoms with Crippen molar-refractivity contribution in [2.24, 2.45) is 11.1 Å². The number of aliphatic hydroxyl groups is 1. The molecule has 3 nitrogen and oxygen atoms in total.